The van der Waals surface area contributed by atoms with Gasteiger partial charge < -0.3 is 24.1 Å². The third kappa shape index (κ3) is 7.41. The van der Waals surface area contributed by atoms with Crippen LogP contribution in [0.5, 0.6) is 17.2 Å². The first kappa shape index (κ1) is 25.4. The summed E-state index contributed by atoms with van der Waals surface area (Å²) >= 11 is 1.39. The fourth-order valence-electron chi connectivity index (χ4n) is 3.21. The zero-order valence-electron chi connectivity index (χ0n) is 20.0. The number of ether oxygens (including phenoxy) is 3. The number of benzene rings is 2. The zero-order valence-corrected chi connectivity index (χ0v) is 20.8. The number of carbonyl (C=O) groups excluding carboxylic acids is 1. The molecule has 0 aliphatic carbocycles. The summed E-state index contributed by atoms with van der Waals surface area (Å²) in [6, 6.07) is 15.2. The average molecular weight is 485 g/mol. The van der Waals surface area contributed by atoms with Crippen LogP contribution in [0.4, 0.5) is 0 Å². The zero-order chi connectivity index (χ0) is 24.2. The molecule has 9 heteroatoms. The standard InChI is InChI=1S/C25H32N4O4S/c1-4-6-16-29-24(19-7-9-20(31-3)10-8-19)27-28-25(29)34-18-23(30)26-15-17-33-22-13-11-21(12-14-22)32-5-2/h7-14H,4-6,15-18H2,1-3H3,(H,26,30). The minimum atomic E-state index is -0.0728. The van der Waals surface area contributed by atoms with Gasteiger partial charge in [-0.15, -0.1) is 10.2 Å². The number of hydrogen-bond acceptors (Lipinski definition) is 7. The summed E-state index contributed by atoms with van der Waals surface area (Å²) < 4.78 is 18.4. The maximum atomic E-state index is 12.3. The van der Waals surface area contributed by atoms with Crippen LogP contribution in [0.1, 0.15) is 26.7 Å². The van der Waals surface area contributed by atoms with Gasteiger partial charge in [-0.2, -0.15) is 0 Å². The minimum Gasteiger partial charge on any atom is -0.497 e. The van der Waals surface area contributed by atoms with Crippen molar-refractivity contribution in [3.05, 3.63) is 48.5 Å². The van der Waals surface area contributed by atoms with E-state index >= 15 is 0 Å². The van der Waals surface area contributed by atoms with E-state index in [2.05, 4.69) is 27.0 Å². The van der Waals surface area contributed by atoms with Gasteiger partial charge in [0.15, 0.2) is 11.0 Å². The second kappa shape index (κ2) is 13.5. The van der Waals surface area contributed by atoms with Crippen LogP contribution in [0.25, 0.3) is 11.4 Å². The number of methoxy groups -OCH3 is 1. The van der Waals surface area contributed by atoms with Crippen molar-refractivity contribution in [3.8, 4) is 28.6 Å². The number of nitrogens with one attached hydrogen (secondary N) is 1. The van der Waals surface area contributed by atoms with Crippen LogP contribution in [0.2, 0.25) is 0 Å². The van der Waals surface area contributed by atoms with Crippen LogP contribution >= 0.6 is 11.8 Å². The van der Waals surface area contributed by atoms with Crippen LogP contribution in [0, 0.1) is 0 Å². The SMILES string of the molecule is CCCCn1c(SCC(=O)NCCOc2ccc(OCC)cc2)nnc1-c1ccc(OC)cc1. The summed E-state index contributed by atoms with van der Waals surface area (Å²) in [5.41, 5.74) is 0.965. The molecule has 8 nitrogen and oxygen atoms in total. The van der Waals surface area contributed by atoms with E-state index in [0.29, 0.717) is 19.8 Å². The summed E-state index contributed by atoms with van der Waals surface area (Å²) in [6.07, 6.45) is 2.06. The van der Waals surface area contributed by atoms with Gasteiger partial charge in [-0.1, -0.05) is 25.1 Å². The summed E-state index contributed by atoms with van der Waals surface area (Å²) in [5, 5.41) is 12.4. The largest absolute Gasteiger partial charge is 0.497 e. The van der Waals surface area contributed by atoms with Crippen LogP contribution in [-0.2, 0) is 11.3 Å². The highest BCUT2D eigenvalue weighted by molar-refractivity contribution is 7.99. The molecular weight excluding hydrogens is 452 g/mol. The van der Waals surface area contributed by atoms with Crippen molar-refractivity contribution in [2.75, 3.05) is 32.6 Å². The number of thioether (sulfide) groups is 1. The fourth-order valence-corrected chi connectivity index (χ4v) is 4.00. The van der Waals surface area contributed by atoms with Gasteiger partial charge in [-0.05, 0) is 61.9 Å². The quantitative estimate of drug-likeness (QED) is 0.267. The molecule has 182 valence electrons. The number of carbonyl (C=O) groups is 1. The number of hydrogen-bond donors (Lipinski definition) is 1. The highest BCUT2D eigenvalue weighted by atomic mass is 32.2. The summed E-state index contributed by atoms with van der Waals surface area (Å²) in [5.74, 6) is 3.32. The van der Waals surface area contributed by atoms with Gasteiger partial charge in [0.05, 0.1) is 26.0 Å². The summed E-state index contributed by atoms with van der Waals surface area (Å²) in [6.45, 7) is 6.32. The van der Waals surface area contributed by atoms with Crippen LogP contribution in [0.15, 0.2) is 53.7 Å². The Morgan fingerprint density at radius 2 is 1.65 bits per heavy atom. The van der Waals surface area contributed by atoms with E-state index in [0.717, 1.165) is 53.2 Å². The molecule has 1 aromatic heterocycles. The molecule has 1 N–H and O–H groups in total. The Kier molecular flexibility index (Phi) is 10.1. The summed E-state index contributed by atoms with van der Waals surface area (Å²) in [4.78, 5) is 12.3. The monoisotopic (exact) mass is 484 g/mol. The second-order valence-electron chi connectivity index (χ2n) is 7.43. The molecule has 0 bridgehead atoms. The average Bonchev–Trinajstić information content (AvgIpc) is 3.28. The first-order valence-electron chi connectivity index (χ1n) is 11.5. The fraction of sp³-hybridized carbons (Fsp3) is 0.400. The Balaban J connectivity index is 1.49. The van der Waals surface area contributed by atoms with E-state index < -0.39 is 0 Å². The van der Waals surface area contributed by atoms with Gasteiger partial charge in [0.25, 0.3) is 0 Å². The smallest absolute Gasteiger partial charge is 0.230 e. The van der Waals surface area contributed by atoms with Crippen LogP contribution in [-0.4, -0.2) is 53.3 Å². The van der Waals surface area contributed by atoms with E-state index in [1.165, 1.54) is 11.8 Å². The van der Waals surface area contributed by atoms with Crippen LogP contribution < -0.4 is 19.5 Å². The first-order chi connectivity index (χ1) is 16.6. The number of unbranched alkanes of at least 4 members (excludes halogenated alkanes) is 1. The van der Waals surface area contributed by atoms with E-state index in [4.69, 9.17) is 14.2 Å². The third-order valence-corrected chi connectivity index (χ3v) is 5.93. The number of amides is 1. The lowest BCUT2D eigenvalue weighted by Crippen LogP contribution is -2.29. The van der Waals surface area contributed by atoms with Crippen molar-refractivity contribution >= 4 is 17.7 Å². The topological polar surface area (TPSA) is 87.5 Å². The second-order valence-corrected chi connectivity index (χ2v) is 8.37. The lowest BCUT2D eigenvalue weighted by Gasteiger charge is -2.11. The van der Waals surface area contributed by atoms with Crippen molar-refractivity contribution in [1.29, 1.82) is 0 Å². The van der Waals surface area contributed by atoms with E-state index in [9.17, 15) is 4.79 Å². The van der Waals surface area contributed by atoms with Crippen molar-refractivity contribution in [2.45, 2.75) is 38.4 Å². The van der Waals surface area contributed by atoms with Gasteiger partial charge in [-0.25, -0.2) is 0 Å². The van der Waals surface area contributed by atoms with Gasteiger partial charge in [0.1, 0.15) is 23.9 Å². The molecule has 0 saturated carbocycles. The predicted octanol–water partition coefficient (Wildman–Crippen LogP) is 4.44. The van der Waals surface area contributed by atoms with Gasteiger partial charge in [0, 0.05) is 12.1 Å². The van der Waals surface area contributed by atoms with Gasteiger partial charge in [-0.3, -0.25) is 4.79 Å². The van der Waals surface area contributed by atoms with Gasteiger partial charge >= 0.3 is 0 Å². The molecule has 0 saturated heterocycles. The van der Waals surface area contributed by atoms with E-state index in [-0.39, 0.29) is 11.7 Å². The molecule has 1 heterocycles. The molecule has 3 aromatic rings. The number of rotatable bonds is 14. The molecule has 3 rings (SSSR count). The van der Waals surface area contributed by atoms with Crippen molar-refractivity contribution in [2.24, 2.45) is 0 Å². The maximum absolute atomic E-state index is 12.3. The predicted molar refractivity (Wildman–Crippen MR) is 134 cm³/mol. The number of aromatic nitrogens is 3. The molecule has 2 aromatic carbocycles. The highest BCUT2D eigenvalue weighted by Crippen LogP contribution is 2.26. The molecule has 0 aliphatic heterocycles. The third-order valence-electron chi connectivity index (χ3n) is 4.96. The molecular formula is C25H32N4O4S. The highest BCUT2D eigenvalue weighted by Gasteiger charge is 2.15. The Morgan fingerprint density at radius 1 is 0.971 bits per heavy atom. The summed E-state index contributed by atoms with van der Waals surface area (Å²) in [7, 11) is 1.64. The Hall–Kier alpha value is -3.20. The molecule has 1 amide bonds. The lowest BCUT2D eigenvalue weighted by molar-refractivity contribution is -0.118. The van der Waals surface area contributed by atoms with E-state index in [1.807, 2.05) is 55.5 Å². The van der Waals surface area contributed by atoms with Crippen molar-refractivity contribution < 1.29 is 19.0 Å². The maximum Gasteiger partial charge on any atom is 0.230 e. The van der Waals surface area contributed by atoms with Crippen LogP contribution in [0.3, 0.4) is 0 Å². The van der Waals surface area contributed by atoms with Crippen molar-refractivity contribution in [3.63, 3.8) is 0 Å². The Bertz CT molecular complexity index is 1020. The molecule has 0 aliphatic rings. The molecule has 0 radical (unpaired) electrons. The molecule has 34 heavy (non-hydrogen) atoms. The normalized spacial score (nSPS) is 10.7. The molecule has 0 spiro atoms. The lowest BCUT2D eigenvalue weighted by atomic mass is 10.2. The molecule has 0 fully saturated rings. The Labute approximate surface area is 205 Å². The minimum absolute atomic E-state index is 0.0728. The molecule has 0 atom stereocenters. The Morgan fingerprint density at radius 3 is 2.29 bits per heavy atom. The van der Waals surface area contributed by atoms with Gasteiger partial charge in [0.2, 0.25) is 5.91 Å². The number of nitrogens with zero attached hydrogens (tertiary/aromatic N) is 3. The first-order valence-corrected chi connectivity index (χ1v) is 12.5. The molecule has 0 unspecified atom stereocenters. The van der Waals surface area contributed by atoms with E-state index in [1.54, 1.807) is 7.11 Å². The van der Waals surface area contributed by atoms with Crippen molar-refractivity contribution in [1.82, 2.24) is 20.1 Å².